The van der Waals surface area contributed by atoms with Gasteiger partial charge in [0.2, 0.25) is 29.5 Å². The molecule has 0 saturated carbocycles. The number of amides is 5. The Bertz CT molecular complexity index is 801. The number of nitrogens with one attached hydrogen (secondary N) is 3. The number of hydrogen-bond acceptors (Lipinski definition) is 8. The Hall–Kier alpha value is -3.75. The van der Waals surface area contributed by atoms with Gasteiger partial charge in [-0.05, 0) is 18.8 Å². The second kappa shape index (κ2) is 14.4. The summed E-state index contributed by atoms with van der Waals surface area (Å²) < 4.78 is 0. The highest BCUT2D eigenvalue weighted by Gasteiger charge is 2.31. The van der Waals surface area contributed by atoms with E-state index in [0.717, 1.165) is 0 Å². The molecule has 0 rings (SSSR count). The number of carbonyl (C=O) groups is 7. The van der Waals surface area contributed by atoms with Crippen LogP contribution in [0.3, 0.4) is 0 Å². The van der Waals surface area contributed by atoms with Gasteiger partial charge >= 0.3 is 11.9 Å². The predicted octanol–water partition coefficient (Wildman–Crippen LogP) is -3.49. The number of carbonyl (C=O) groups excluding carboxylic acids is 5. The van der Waals surface area contributed by atoms with Crippen molar-refractivity contribution < 1.29 is 43.8 Å². The van der Waals surface area contributed by atoms with E-state index >= 15 is 0 Å². The van der Waals surface area contributed by atoms with Gasteiger partial charge in [0.1, 0.15) is 18.1 Å². The van der Waals surface area contributed by atoms with Crippen molar-refractivity contribution in [1.29, 1.82) is 0 Å². The van der Waals surface area contributed by atoms with Gasteiger partial charge in [-0.15, -0.1) is 0 Å². The zero-order valence-corrected chi connectivity index (χ0v) is 18.9. The van der Waals surface area contributed by atoms with Crippen LogP contribution in [0.4, 0.5) is 0 Å². The van der Waals surface area contributed by atoms with Crippen LogP contribution in [-0.2, 0) is 33.6 Å². The summed E-state index contributed by atoms with van der Waals surface area (Å²) in [5.41, 5.74) is 15.5. The lowest BCUT2D eigenvalue weighted by molar-refractivity contribution is -0.144. The molecule has 15 nitrogen and oxygen atoms in total. The summed E-state index contributed by atoms with van der Waals surface area (Å²) in [5, 5.41) is 24.8. The van der Waals surface area contributed by atoms with Crippen LogP contribution in [0.2, 0.25) is 0 Å². The van der Waals surface area contributed by atoms with Crippen molar-refractivity contribution in [3.8, 4) is 0 Å². The normalized spacial score (nSPS) is 14.2. The first kappa shape index (κ1) is 30.2. The van der Waals surface area contributed by atoms with Crippen LogP contribution in [-0.4, -0.2) is 75.9 Å². The predicted molar refractivity (Wildman–Crippen MR) is 115 cm³/mol. The number of carboxylic acid groups (broad SMARTS) is 2. The Balaban J connectivity index is 5.60. The lowest BCUT2D eigenvalue weighted by atomic mass is 10.0. The minimum atomic E-state index is -1.63. The number of carboxylic acids is 2. The number of hydrogen-bond donors (Lipinski definition) is 8. The van der Waals surface area contributed by atoms with Gasteiger partial charge in [0.15, 0.2) is 0 Å². The summed E-state index contributed by atoms with van der Waals surface area (Å²) in [4.78, 5) is 82.0. The monoisotopic (exact) mass is 488 g/mol. The molecule has 0 spiro atoms. The van der Waals surface area contributed by atoms with E-state index < -0.39 is 84.9 Å². The van der Waals surface area contributed by atoms with Crippen molar-refractivity contribution >= 4 is 41.5 Å². The molecule has 0 saturated heterocycles. The van der Waals surface area contributed by atoms with E-state index in [1.165, 1.54) is 0 Å². The van der Waals surface area contributed by atoms with Gasteiger partial charge in [0.25, 0.3) is 0 Å². The molecule has 192 valence electrons. The SMILES string of the molecule is CC(C)CC(NC(=O)C(CCC(=O)O)NC(=O)C(N)CC(N)=O)C(=O)NC(CC(N)=O)C(=O)O. The third-order valence-corrected chi connectivity index (χ3v) is 4.40. The number of primary amides is 2. The average Bonchev–Trinajstić information content (AvgIpc) is 2.68. The van der Waals surface area contributed by atoms with E-state index in [4.69, 9.17) is 22.3 Å². The number of rotatable bonds is 16. The fraction of sp³-hybridized carbons (Fsp3) is 0.632. The molecule has 0 radical (unpaired) electrons. The molecule has 0 aliphatic heterocycles. The average molecular weight is 488 g/mol. The molecule has 4 unspecified atom stereocenters. The van der Waals surface area contributed by atoms with Crippen molar-refractivity contribution in [2.45, 2.75) is 70.1 Å². The van der Waals surface area contributed by atoms with Gasteiger partial charge in [-0.2, -0.15) is 0 Å². The first-order chi connectivity index (χ1) is 15.6. The molecule has 34 heavy (non-hydrogen) atoms. The Morgan fingerprint density at radius 2 is 1.21 bits per heavy atom. The fourth-order valence-corrected chi connectivity index (χ4v) is 2.77. The molecule has 0 aromatic carbocycles. The van der Waals surface area contributed by atoms with Crippen molar-refractivity contribution in [1.82, 2.24) is 16.0 Å². The Kier molecular flexibility index (Phi) is 12.8. The Labute approximate surface area is 195 Å². The van der Waals surface area contributed by atoms with Crippen LogP contribution in [0.1, 0.15) is 46.0 Å². The number of aliphatic carboxylic acids is 2. The lowest BCUT2D eigenvalue weighted by Crippen LogP contribution is -2.57. The van der Waals surface area contributed by atoms with Crippen molar-refractivity contribution in [3.05, 3.63) is 0 Å². The maximum Gasteiger partial charge on any atom is 0.326 e. The highest BCUT2D eigenvalue weighted by molar-refractivity contribution is 5.95. The molecule has 11 N–H and O–H groups in total. The summed E-state index contributed by atoms with van der Waals surface area (Å²) >= 11 is 0. The summed E-state index contributed by atoms with van der Waals surface area (Å²) in [6.45, 7) is 3.44. The van der Waals surface area contributed by atoms with E-state index in [9.17, 15) is 38.7 Å². The lowest BCUT2D eigenvalue weighted by Gasteiger charge is -2.25. The molecule has 0 bridgehead atoms. The molecule has 5 amide bonds. The Morgan fingerprint density at radius 1 is 0.735 bits per heavy atom. The van der Waals surface area contributed by atoms with E-state index in [1.807, 2.05) is 0 Å². The highest BCUT2D eigenvalue weighted by Crippen LogP contribution is 2.08. The molecular weight excluding hydrogens is 456 g/mol. The summed E-state index contributed by atoms with van der Waals surface area (Å²) in [6.07, 6.45) is -2.05. The molecule has 0 heterocycles. The van der Waals surface area contributed by atoms with Gasteiger partial charge in [-0.1, -0.05) is 13.8 Å². The second-order valence-corrected chi connectivity index (χ2v) is 8.03. The maximum absolute atomic E-state index is 12.8. The summed E-state index contributed by atoms with van der Waals surface area (Å²) in [5.74, 6) is -7.59. The van der Waals surface area contributed by atoms with E-state index in [2.05, 4.69) is 16.0 Å². The van der Waals surface area contributed by atoms with Crippen molar-refractivity contribution in [3.63, 3.8) is 0 Å². The van der Waals surface area contributed by atoms with Gasteiger partial charge in [0.05, 0.1) is 18.9 Å². The van der Waals surface area contributed by atoms with Crippen LogP contribution >= 0.6 is 0 Å². The standard InChI is InChI=1S/C19H32N6O9/c1-8(2)5-11(18(32)25-12(19(33)34)7-14(22)27)24-17(31)10(3-4-15(28)29)23-16(30)9(20)6-13(21)26/h8-12H,3-7,20H2,1-2H3,(H2,21,26)(H2,22,27)(H,23,30)(H,24,31)(H,25,32)(H,28,29)(H,33,34). The third-order valence-electron chi connectivity index (χ3n) is 4.40. The van der Waals surface area contributed by atoms with E-state index in [-0.39, 0.29) is 18.8 Å². The van der Waals surface area contributed by atoms with Crippen LogP contribution in [0.25, 0.3) is 0 Å². The molecule has 0 aliphatic carbocycles. The molecule has 15 heteroatoms. The van der Waals surface area contributed by atoms with Crippen molar-refractivity contribution in [2.24, 2.45) is 23.1 Å². The largest absolute Gasteiger partial charge is 0.481 e. The van der Waals surface area contributed by atoms with Gasteiger partial charge in [0, 0.05) is 6.42 Å². The highest BCUT2D eigenvalue weighted by atomic mass is 16.4. The van der Waals surface area contributed by atoms with E-state index in [0.29, 0.717) is 0 Å². The maximum atomic E-state index is 12.8. The quantitative estimate of drug-likeness (QED) is 0.106. The molecular formula is C19H32N6O9. The zero-order chi connectivity index (χ0) is 26.6. The number of nitrogens with two attached hydrogens (primary N) is 3. The fourth-order valence-electron chi connectivity index (χ4n) is 2.77. The van der Waals surface area contributed by atoms with Crippen LogP contribution < -0.4 is 33.2 Å². The molecule has 0 aromatic rings. The van der Waals surface area contributed by atoms with Crippen LogP contribution in [0, 0.1) is 5.92 Å². The topological polar surface area (TPSA) is 274 Å². The molecule has 0 fully saturated rings. The van der Waals surface area contributed by atoms with Crippen LogP contribution in [0.5, 0.6) is 0 Å². The first-order valence-corrected chi connectivity index (χ1v) is 10.3. The van der Waals surface area contributed by atoms with Crippen molar-refractivity contribution in [2.75, 3.05) is 0 Å². The first-order valence-electron chi connectivity index (χ1n) is 10.3. The summed E-state index contributed by atoms with van der Waals surface area (Å²) in [7, 11) is 0. The minimum Gasteiger partial charge on any atom is -0.481 e. The van der Waals surface area contributed by atoms with Gasteiger partial charge in [-0.25, -0.2) is 4.79 Å². The minimum absolute atomic E-state index is 0.0429. The third kappa shape index (κ3) is 12.3. The smallest absolute Gasteiger partial charge is 0.326 e. The summed E-state index contributed by atoms with van der Waals surface area (Å²) in [6, 6.07) is -5.75. The molecule has 0 aromatic heterocycles. The van der Waals surface area contributed by atoms with Crippen LogP contribution in [0.15, 0.2) is 0 Å². The zero-order valence-electron chi connectivity index (χ0n) is 18.9. The molecule has 0 aliphatic rings. The van der Waals surface area contributed by atoms with Gasteiger partial charge in [-0.3, -0.25) is 28.8 Å². The second-order valence-electron chi connectivity index (χ2n) is 8.03. The van der Waals surface area contributed by atoms with E-state index in [1.54, 1.807) is 13.8 Å². The molecule has 4 atom stereocenters. The van der Waals surface area contributed by atoms with Gasteiger partial charge < -0.3 is 43.4 Å². The Morgan fingerprint density at radius 3 is 1.65 bits per heavy atom.